The van der Waals surface area contributed by atoms with Crippen LogP contribution >= 0.6 is 0 Å². The molecule has 1 unspecified atom stereocenters. The number of nitrogens with zero attached hydrogens (tertiary/aromatic N) is 1. The quantitative estimate of drug-likeness (QED) is 0.600. The Morgan fingerprint density at radius 2 is 1.58 bits per heavy atom. The van der Waals surface area contributed by atoms with Crippen molar-refractivity contribution in [3.63, 3.8) is 0 Å². The Morgan fingerprint density at radius 3 is 2.19 bits per heavy atom. The first-order valence-electron chi connectivity index (χ1n) is 10.2. The van der Waals surface area contributed by atoms with Crippen LogP contribution in [-0.4, -0.2) is 18.4 Å². The second kappa shape index (κ2) is 9.75. The van der Waals surface area contributed by atoms with Gasteiger partial charge in [0.05, 0.1) is 5.69 Å². The molecule has 0 saturated carbocycles. The molecule has 4 heteroatoms. The van der Waals surface area contributed by atoms with Crippen molar-refractivity contribution in [3.8, 4) is 0 Å². The van der Waals surface area contributed by atoms with Crippen LogP contribution in [0.15, 0.2) is 12.1 Å². The summed E-state index contributed by atoms with van der Waals surface area (Å²) in [5.74, 6) is -0.153. The van der Waals surface area contributed by atoms with Crippen LogP contribution < -0.4 is 10.2 Å². The lowest BCUT2D eigenvalue weighted by Gasteiger charge is -2.19. The molecular weight excluding hydrogens is 324 g/mol. The van der Waals surface area contributed by atoms with Crippen LogP contribution in [0.3, 0.4) is 0 Å². The van der Waals surface area contributed by atoms with Gasteiger partial charge in [0, 0.05) is 19.0 Å². The van der Waals surface area contributed by atoms with Gasteiger partial charge in [0.15, 0.2) is 0 Å². The van der Waals surface area contributed by atoms with Crippen molar-refractivity contribution in [2.75, 3.05) is 11.4 Å². The SMILES string of the molecule is CCCCCCCCCCN1C(=O)C(NC(C)=O)c2c(C)ccc(C)c21. The highest BCUT2D eigenvalue weighted by molar-refractivity contribution is 6.07. The molecule has 0 radical (unpaired) electrons. The predicted octanol–water partition coefficient (Wildman–Crippen LogP) is 4.97. The summed E-state index contributed by atoms with van der Waals surface area (Å²) >= 11 is 0. The van der Waals surface area contributed by atoms with Gasteiger partial charge in [0.2, 0.25) is 5.91 Å². The van der Waals surface area contributed by atoms with E-state index in [9.17, 15) is 9.59 Å². The average molecular weight is 359 g/mol. The van der Waals surface area contributed by atoms with Gasteiger partial charge in [-0.1, -0.05) is 64.0 Å². The molecule has 1 aromatic rings. The maximum Gasteiger partial charge on any atom is 0.254 e. The second-order valence-electron chi connectivity index (χ2n) is 7.56. The van der Waals surface area contributed by atoms with Crippen LogP contribution in [0, 0.1) is 13.8 Å². The number of nitrogens with one attached hydrogen (secondary N) is 1. The van der Waals surface area contributed by atoms with Gasteiger partial charge in [0.25, 0.3) is 5.91 Å². The van der Waals surface area contributed by atoms with Crippen molar-refractivity contribution < 1.29 is 9.59 Å². The minimum absolute atomic E-state index is 0.00976. The molecule has 0 spiro atoms. The largest absolute Gasteiger partial charge is 0.341 e. The molecule has 2 rings (SSSR count). The van der Waals surface area contributed by atoms with E-state index in [-0.39, 0.29) is 11.8 Å². The van der Waals surface area contributed by atoms with Gasteiger partial charge in [-0.2, -0.15) is 0 Å². The lowest BCUT2D eigenvalue weighted by molar-refractivity contribution is -0.126. The molecule has 1 N–H and O–H groups in total. The standard InChI is InChI=1S/C22H34N2O2/c1-5-6-7-8-9-10-11-12-15-24-21-17(3)14-13-16(2)19(21)20(22(24)26)23-18(4)25/h13-14,20H,5-12,15H2,1-4H3,(H,23,25). The second-order valence-corrected chi connectivity index (χ2v) is 7.56. The van der Waals surface area contributed by atoms with Crippen LogP contribution in [0.2, 0.25) is 0 Å². The molecule has 144 valence electrons. The lowest BCUT2D eigenvalue weighted by atomic mass is 9.99. The number of hydrogen-bond acceptors (Lipinski definition) is 2. The highest BCUT2D eigenvalue weighted by Gasteiger charge is 2.39. The van der Waals surface area contributed by atoms with E-state index in [4.69, 9.17) is 0 Å². The molecule has 1 aliphatic heterocycles. The predicted molar refractivity (Wildman–Crippen MR) is 107 cm³/mol. The summed E-state index contributed by atoms with van der Waals surface area (Å²) in [7, 11) is 0. The minimum Gasteiger partial charge on any atom is -0.341 e. The third kappa shape index (κ3) is 4.87. The van der Waals surface area contributed by atoms with Crippen LogP contribution in [-0.2, 0) is 9.59 Å². The number of aryl methyl sites for hydroxylation is 2. The van der Waals surface area contributed by atoms with Crippen LogP contribution in [0.4, 0.5) is 5.69 Å². The van der Waals surface area contributed by atoms with Gasteiger partial charge < -0.3 is 10.2 Å². The lowest BCUT2D eigenvalue weighted by Crippen LogP contribution is -2.37. The molecule has 0 aliphatic carbocycles. The highest BCUT2D eigenvalue weighted by atomic mass is 16.2. The first kappa shape index (κ1) is 20.5. The fourth-order valence-electron chi connectivity index (χ4n) is 3.89. The number of rotatable bonds is 10. The molecule has 1 aromatic carbocycles. The van der Waals surface area contributed by atoms with Crippen molar-refractivity contribution in [2.24, 2.45) is 0 Å². The van der Waals surface area contributed by atoms with Crippen LogP contribution in [0.5, 0.6) is 0 Å². The van der Waals surface area contributed by atoms with E-state index in [2.05, 4.69) is 18.3 Å². The van der Waals surface area contributed by atoms with E-state index in [1.807, 2.05) is 24.8 Å². The van der Waals surface area contributed by atoms with Crippen LogP contribution in [0.25, 0.3) is 0 Å². The van der Waals surface area contributed by atoms with Gasteiger partial charge in [-0.15, -0.1) is 0 Å². The summed E-state index contributed by atoms with van der Waals surface area (Å²) in [5, 5.41) is 2.85. The van der Waals surface area contributed by atoms with Gasteiger partial charge in [-0.3, -0.25) is 9.59 Å². The maximum atomic E-state index is 13.0. The summed E-state index contributed by atoms with van der Waals surface area (Å²) in [6.07, 6.45) is 9.97. The Kier molecular flexibility index (Phi) is 7.67. The summed E-state index contributed by atoms with van der Waals surface area (Å²) in [4.78, 5) is 26.4. The Balaban J connectivity index is 1.98. The van der Waals surface area contributed by atoms with Crippen molar-refractivity contribution in [1.29, 1.82) is 0 Å². The number of fused-ring (bicyclic) bond motifs is 1. The number of carbonyl (C=O) groups excluding carboxylic acids is 2. The number of benzene rings is 1. The van der Waals surface area contributed by atoms with Gasteiger partial charge in [-0.05, 0) is 31.4 Å². The Morgan fingerprint density at radius 1 is 1.00 bits per heavy atom. The number of hydrogen-bond donors (Lipinski definition) is 1. The van der Waals surface area contributed by atoms with E-state index in [0.29, 0.717) is 0 Å². The Hall–Kier alpha value is -1.84. The zero-order chi connectivity index (χ0) is 19.1. The van der Waals surface area contributed by atoms with E-state index in [1.165, 1.54) is 45.4 Å². The first-order valence-corrected chi connectivity index (χ1v) is 10.2. The Bertz CT molecular complexity index is 639. The zero-order valence-corrected chi connectivity index (χ0v) is 16.9. The fourth-order valence-corrected chi connectivity index (χ4v) is 3.89. The van der Waals surface area contributed by atoms with E-state index >= 15 is 0 Å². The van der Waals surface area contributed by atoms with Gasteiger partial charge >= 0.3 is 0 Å². The van der Waals surface area contributed by atoms with Gasteiger partial charge in [0.1, 0.15) is 6.04 Å². The number of amides is 2. The van der Waals surface area contributed by atoms with E-state index < -0.39 is 6.04 Å². The number of anilines is 1. The molecular formula is C22H34N2O2. The zero-order valence-electron chi connectivity index (χ0n) is 16.9. The summed E-state index contributed by atoms with van der Waals surface area (Å²) < 4.78 is 0. The molecule has 26 heavy (non-hydrogen) atoms. The summed E-state index contributed by atoms with van der Waals surface area (Å²) in [5.41, 5.74) is 4.16. The topological polar surface area (TPSA) is 49.4 Å². The molecule has 4 nitrogen and oxygen atoms in total. The monoisotopic (exact) mass is 358 g/mol. The van der Waals surface area contributed by atoms with Crippen molar-refractivity contribution in [3.05, 3.63) is 28.8 Å². The van der Waals surface area contributed by atoms with Crippen LogP contribution in [0.1, 0.15) is 87.9 Å². The third-order valence-electron chi connectivity index (χ3n) is 5.29. The van der Waals surface area contributed by atoms with E-state index in [0.717, 1.165) is 41.8 Å². The average Bonchev–Trinajstić information content (AvgIpc) is 2.87. The summed E-state index contributed by atoms with van der Waals surface area (Å²) in [6, 6.07) is 3.57. The molecule has 1 heterocycles. The fraction of sp³-hybridized carbons (Fsp3) is 0.636. The minimum atomic E-state index is -0.531. The molecule has 1 atom stereocenters. The number of unbranched alkanes of at least 4 members (excludes halogenated alkanes) is 7. The summed E-state index contributed by atoms with van der Waals surface area (Å²) in [6.45, 7) is 8.51. The molecule has 2 amide bonds. The molecule has 0 fully saturated rings. The van der Waals surface area contributed by atoms with Crippen molar-refractivity contribution >= 4 is 17.5 Å². The normalized spacial score (nSPS) is 16.1. The van der Waals surface area contributed by atoms with E-state index in [1.54, 1.807) is 0 Å². The van der Waals surface area contributed by atoms with Crippen molar-refractivity contribution in [2.45, 2.75) is 85.1 Å². The molecule has 0 saturated heterocycles. The van der Waals surface area contributed by atoms with Gasteiger partial charge in [-0.25, -0.2) is 0 Å². The molecule has 0 bridgehead atoms. The number of carbonyl (C=O) groups is 2. The maximum absolute atomic E-state index is 13.0. The first-order chi connectivity index (χ1) is 12.5. The van der Waals surface area contributed by atoms with Crippen molar-refractivity contribution in [1.82, 2.24) is 5.32 Å². The molecule has 0 aromatic heterocycles. The third-order valence-corrected chi connectivity index (χ3v) is 5.29. The Labute approximate surface area is 158 Å². The molecule has 1 aliphatic rings. The highest BCUT2D eigenvalue weighted by Crippen LogP contribution is 2.40. The smallest absolute Gasteiger partial charge is 0.254 e.